The van der Waals surface area contributed by atoms with Gasteiger partial charge in [0.2, 0.25) is 0 Å². The van der Waals surface area contributed by atoms with Gasteiger partial charge in [0, 0.05) is 11.3 Å². The van der Waals surface area contributed by atoms with Crippen molar-refractivity contribution in [3.05, 3.63) is 89.5 Å². The molecule has 1 amide bonds. The van der Waals surface area contributed by atoms with Crippen LogP contribution in [0.25, 0.3) is 0 Å². The summed E-state index contributed by atoms with van der Waals surface area (Å²) in [5.74, 6) is 0.676. The molecule has 3 aromatic rings. The minimum atomic E-state index is -0.277. The Morgan fingerprint density at radius 2 is 1.66 bits per heavy atom. The van der Waals surface area contributed by atoms with Crippen molar-refractivity contribution >= 4 is 17.3 Å². The Balaban J connectivity index is 1.55. The molecule has 4 rings (SSSR count). The number of carbonyl (C=O) groups excluding carboxylic acids is 1. The number of anilines is 2. The number of nitrogens with one attached hydrogen (secondary N) is 2. The fraction of sp³-hybridized carbons (Fsp3) is 0.296. The maximum atomic E-state index is 13.6. The van der Waals surface area contributed by atoms with E-state index in [1.165, 1.54) is 16.2 Å². The first-order valence-corrected chi connectivity index (χ1v) is 11.2. The number of para-hydroxylation sites is 1. The third-order valence-electron chi connectivity index (χ3n) is 6.28. The van der Waals surface area contributed by atoms with Crippen LogP contribution in [0.1, 0.15) is 22.7 Å². The molecule has 1 aliphatic rings. The van der Waals surface area contributed by atoms with Gasteiger partial charge in [-0.15, -0.1) is 0 Å². The highest BCUT2D eigenvalue weighted by molar-refractivity contribution is 5.96. The van der Waals surface area contributed by atoms with Crippen molar-refractivity contribution in [3.8, 4) is 5.75 Å². The molecule has 5 heteroatoms. The summed E-state index contributed by atoms with van der Waals surface area (Å²) in [4.78, 5) is 17.3. The highest BCUT2D eigenvalue weighted by Gasteiger charge is 2.34. The van der Waals surface area contributed by atoms with Crippen LogP contribution < -0.4 is 19.9 Å². The van der Waals surface area contributed by atoms with E-state index in [0.29, 0.717) is 5.75 Å². The SMILES string of the molecule is COc1ccc(C)cc1NC(=O)[C@@H](c1ccccc1)[NH+]1CCN(c2ccccc2C)CC1. The van der Waals surface area contributed by atoms with Gasteiger partial charge in [-0.1, -0.05) is 54.6 Å². The van der Waals surface area contributed by atoms with Gasteiger partial charge in [0.25, 0.3) is 5.91 Å². The van der Waals surface area contributed by atoms with Gasteiger partial charge in [0.1, 0.15) is 5.75 Å². The summed E-state index contributed by atoms with van der Waals surface area (Å²) >= 11 is 0. The molecular formula is C27H32N3O2+. The van der Waals surface area contributed by atoms with Crippen LogP contribution in [0.2, 0.25) is 0 Å². The van der Waals surface area contributed by atoms with Gasteiger partial charge < -0.3 is 19.9 Å². The minimum absolute atomic E-state index is 0.000517. The van der Waals surface area contributed by atoms with Gasteiger partial charge in [-0.05, 0) is 43.2 Å². The fourth-order valence-electron chi connectivity index (χ4n) is 4.58. The van der Waals surface area contributed by atoms with E-state index in [2.05, 4.69) is 53.5 Å². The second kappa shape index (κ2) is 9.88. The second-order valence-corrected chi connectivity index (χ2v) is 8.47. The first-order chi connectivity index (χ1) is 15.6. The monoisotopic (exact) mass is 430 g/mol. The average Bonchev–Trinajstić information content (AvgIpc) is 2.81. The smallest absolute Gasteiger partial charge is 0.287 e. The number of quaternary nitrogens is 1. The Morgan fingerprint density at radius 3 is 2.34 bits per heavy atom. The highest BCUT2D eigenvalue weighted by Crippen LogP contribution is 2.26. The van der Waals surface area contributed by atoms with E-state index in [9.17, 15) is 4.79 Å². The Labute approximate surface area is 190 Å². The number of amides is 1. The summed E-state index contributed by atoms with van der Waals surface area (Å²) in [6.07, 6.45) is 0. The van der Waals surface area contributed by atoms with Crippen molar-refractivity contribution < 1.29 is 14.4 Å². The first-order valence-electron chi connectivity index (χ1n) is 11.2. The van der Waals surface area contributed by atoms with E-state index in [0.717, 1.165) is 43.0 Å². The quantitative estimate of drug-likeness (QED) is 0.630. The number of carbonyl (C=O) groups is 1. The van der Waals surface area contributed by atoms with E-state index in [4.69, 9.17) is 4.74 Å². The molecule has 0 radical (unpaired) electrons. The van der Waals surface area contributed by atoms with Gasteiger partial charge >= 0.3 is 0 Å². The van der Waals surface area contributed by atoms with E-state index in [-0.39, 0.29) is 11.9 Å². The number of hydrogen-bond acceptors (Lipinski definition) is 3. The van der Waals surface area contributed by atoms with Gasteiger partial charge in [0.05, 0.1) is 39.0 Å². The molecular weight excluding hydrogens is 398 g/mol. The number of nitrogens with zero attached hydrogens (tertiary/aromatic N) is 1. The summed E-state index contributed by atoms with van der Waals surface area (Å²) in [6, 6.07) is 24.2. The average molecular weight is 431 g/mol. The first kappa shape index (κ1) is 21.9. The van der Waals surface area contributed by atoms with Crippen molar-refractivity contribution in [2.24, 2.45) is 0 Å². The molecule has 1 aliphatic heterocycles. The van der Waals surface area contributed by atoms with Gasteiger partial charge in [0.15, 0.2) is 6.04 Å². The molecule has 3 aromatic carbocycles. The number of methoxy groups -OCH3 is 1. The van der Waals surface area contributed by atoms with Gasteiger partial charge in [-0.25, -0.2) is 0 Å². The molecule has 0 saturated carbocycles. The number of rotatable bonds is 6. The summed E-state index contributed by atoms with van der Waals surface area (Å²) in [7, 11) is 1.63. The molecule has 0 spiro atoms. The van der Waals surface area contributed by atoms with Crippen LogP contribution >= 0.6 is 0 Å². The second-order valence-electron chi connectivity index (χ2n) is 8.47. The number of aryl methyl sites for hydroxylation is 2. The lowest BCUT2D eigenvalue weighted by Crippen LogP contribution is -3.16. The lowest BCUT2D eigenvalue weighted by atomic mass is 10.0. The maximum Gasteiger partial charge on any atom is 0.287 e. The lowest BCUT2D eigenvalue weighted by molar-refractivity contribution is -0.922. The van der Waals surface area contributed by atoms with Crippen LogP contribution in [0.15, 0.2) is 72.8 Å². The number of hydrogen-bond donors (Lipinski definition) is 2. The summed E-state index contributed by atoms with van der Waals surface area (Å²) in [5, 5.41) is 3.15. The Bertz CT molecular complexity index is 1060. The Hall–Kier alpha value is -3.31. The zero-order valence-electron chi connectivity index (χ0n) is 19.1. The number of piperazine rings is 1. The minimum Gasteiger partial charge on any atom is -0.495 e. The van der Waals surface area contributed by atoms with Crippen molar-refractivity contribution in [1.82, 2.24) is 0 Å². The molecule has 5 nitrogen and oxygen atoms in total. The van der Waals surface area contributed by atoms with Gasteiger partial charge in [-0.2, -0.15) is 0 Å². The van der Waals surface area contributed by atoms with Crippen molar-refractivity contribution in [3.63, 3.8) is 0 Å². The standard InChI is InChI=1S/C27H31N3O2/c1-20-13-14-25(32-3)23(19-20)28-27(31)26(22-10-5-4-6-11-22)30-17-15-29(16-18-30)24-12-8-7-9-21(24)2/h4-14,19,26H,15-18H2,1-3H3,(H,28,31)/p+1/t26-/m1/s1. The fourth-order valence-corrected chi connectivity index (χ4v) is 4.58. The molecule has 166 valence electrons. The van der Waals surface area contributed by atoms with Crippen LogP contribution in [0, 0.1) is 13.8 Å². The largest absolute Gasteiger partial charge is 0.495 e. The van der Waals surface area contributed by atoms with Crippen LogP contribution in [0.3, 0.4) is 0 Å². The number of benzene rings is 3. The molecule has 0 aromatic heterocycles. The van der Waals surface area contributed by atoms with Crippen molar-refractivity contribution in [2.45, 2.75) is 19.9 Å². The summed E-state index contributed by atoms with van der Waals surface area (Å²) in [5.41, 5.74) is 5.42. The molecule has 0 aliphatic carbocycles. The molecule has 1 atom stereocenters. The van der Waals surface area contributed by atoms with E-state index >= 15 is 0 Å². The van der Waals surface area contributed by atoms with Crippen LogP contribution in [-0.4, -0.2) is 39.2 Å². The van der Waals surface area contributed by atoms with Gasteiger partial charge in [-0.3, -0.25) is 4.79 Å². The third-order valence-corrected chi connectivity index (χ3v) is 6.28. The van der Waals surface area contributed by atoms with Crippen molar-refractivity contribution in [1.29, 1.82) is 0 Å². The predicted molar refractivity (Wildman–Crippen MR) is 130 cm³/mol. The normalized spacial score (nSPS) is 15.3. The van der Waals surface area contributed by atoms with E-state index in [1.54, 1.807) is 7.11 Å². The molecule has 32 heavy (non-hydrogen) atoms. The predicted octanol–water partition coefficient (Wildman–Crippen LogP) is 3.40. The molecule has 1 heterocycles. The van der Waals surface area contributed by atoms with Crippen LogP contribution in [0.4, 0.5) is 11.4 Å². The van der Waals surface area contributed by atoms with Crippen LogP contribution in [0.5, 0.6) is 5.75 Å². The van der Waals surface area contributed by atoms with E-state index in [1.807, 2.05) is 43.3 Å². The number of ether oxygens (including phenoxy) is 1. The molecule has 0 unspecified atom stereocenters. The molecule has 1 fully saturated rings. The summed E-state index contributed by atoms with van der Waals surface area (Å²) in [6.45, 7) is 7.80. The van der Waals surface area contributed by atoms with Crippen LogP contribution in [-0.2, 0) is 4.79 Å². The third kappa shape index (κ3) is 4.78. The lowest BCUT2D eigenvalue weighted by Gasteiger charge is -2.37. The Morgan fingerprint density at radius 1 is 0.969 bits per heavy atom. The highest BCUT2D eigenvalue weighted by atomic mass is 16.5. The molecule has 0 bridgehead atoms. The van der Waals surface area contributed by atoms with Crippen molar-refractivity contribution in [2.75, 3.05) is 43.5 Å². The zero-order chi connectivity index (χ0) is 22.5. The zero-order valence-corrected chi connectivity index (χ0v) is 19.1. The molecule has 1 saturated heterocycles. The Kier molecular flexibility index (Phi) is 6.76. The molecule has 2 N–H and O–H groups in total. The maximum absolute atomic E-state index is 13.6. The topological polar surface area (TPSA) is 46.0 Å². The summed E-state index contributed by atoms with van der Waals surface area (Å²) < 4.78 is 5.48. The van der Waals surface area contributed by atoms with E-state index < -0.39 is 0 Å².